The number of carbonyl (C=O) groups excluding carboxylic acids is 1. The number of rotatable bonds is 4. The molecule has 1 N–H and O–H groups in total. The highest BCUT2D eigenvalue weighted by Crippen LogP contribution is 2.31. The number of carbonyl (C=O) groups is 1. The van der Waals surface area contributed by atoms with Crippen molar-refractivity contribution in [2.75, 3.05) is 6.54 Å². The van der Waals surface area contributed by atoms with Crippen LogP contribution in [-0.2, 0) is 0 Å². The van der Waals surface area contributed by atoms with E-state index in [9.17, 15) is 4.79 Å². The summed E-state index contributed by atoms with van der Waals surface area (Å²) in [6, 6.07) is 3.55. The zero-order chi connectivity index (χ0) is 9.80. The number of pyridine rings is 1. The smallest absolute Gasteiger partial charge is 0.252 e. The average molecular weight is 190 g/mol. The summed E-state index contributed by atoms with van der Waals surface area (Å²) in [6.45, 7) is 0.790. The van der Waals surface area contributed by atoms with Gasteiger partial charge in [0.15, 0.2) is 0 Å². The van der Waals surface area contributed by atoms with Crippen LogP contribution in [-0.4, -0.2) is 17.4 Å². The van der Waals surface area contributed by atoms with Gasteiger partial charge in [-0.25, -0.2) is 0 Å². The van der Waals surface area contributed by atoms with Crippen molar-refractivity contribution in [1.29, 1.82) is 0 Å². The molecule has 1 saturated carbocycles. The highest BCUT2D eigenvalue weighted by Gasteiger charge is 2.20. The monoisotopic (exact) mass is 190 g/mol. The van der Waals surface area contributed by atoms with Crippen LogP contribution in [0, 0.1) is 5.92 Å². The molecule has 0 spiro atoms. The second-order valence-corrected chi connectivity index (χ2v) is 3.73. The molecule has 3 nitrogen and oxygen atoms in total. The first-order chi connectivity index (χ1) is 6.86. The first kappa shape index (κ1) is 9.19. The molecule has 1 aromatic heterocycles. The Kier molecular flexibility index (Phi) is 2.77. The molecule has 0 radical (unpaired) electrons. The Balaban J connectivity index is 1.77. The Morgan fingerprint density at radius 2 is 2.43 bits per heavy atom. The van der Waals surface area contributed by atoms with Crippen molar-refractivity contribution in [1.82, 2.24) is 10.3 Å². The predicted molar refractivity (Wildman–Crippen MR) is 53.9 cm³/mol. The summed E-state index contributed by atoms with van der Waals surface area (Å²) in [5.41, 5.74) is 0.642. The van der Waals surface area contributed by atoms with Gasteiger partial charge in [-0.1, -0.05) is 12.8 Å². The molecule has 1 aliphatic rings. The third-order valence-corrected chi connectivity index (χ3v) is 2.46. The molecule has 1 amide bonds. The minimum absolute atomic E-state index is 0.0150. The molecule has 1 heterocycles. The molecule has 1 aromatic rings. The molecule has 2 rings (SSSR count). The maximum absolute atomic E-state index is 11.5. The van der Waals surface area contributed by atoms with Gasteiger partial charge in [-0.2, -0.15) is 0 Å². The van der Waals surface area contributed by atoms with Gasteiger partial charge in [0.2, 0.25) is 0 Å². The highest BCUT2D eigenvalue weighted by atomic mass is 16.1. The lowest BCUT2D eigenvalue weighted by atomic mass is 10.2. The minimum Gasteiger partial charge on any atom is -0.352 e. The first-order valence-corrected chi connectivity index (χ1v) is 5.04. The molecule has 0 saturated heterocycles. The minimum atomic E-state index is -0.0150. The van der Waals surface area contributed by atoms with E-state index in [1.54, 1.807) is 24.5 Å². The molecule has 74 valence electrons. The van der Waals surface area contributed by atoms with E-state index < -0.39 is 0 Å². The SMILES string of the molecule is O=C(NCCC1CC1)c1cccnc1. The Morgan fingerprint density at radius 1 is 1.57 bits per heavy atom. The second-order valence-electron chi connectivity index (χ2n) is 3.73. The largest absolute Gasteiger partial charge is 0.352 e. The van der Waals surface area contributed by atoms with E-state index in [0.717, 1.165) is 18.9 Å². The zero-order valence-corrected chi connectivity index (χ0v) is 8.07. The van der Waals surface area contributed by atoms with E-state index in [1.807, 2.05) is 0 Å². The second kappa shape index (κ2) is 4.22. The van der Waals surface area contributed by atoms with E-state index >= 15 is 0 Å². The zero-order valence-electron chi connectivity index (χ0n) is 8.07. The van der Waals surface area contributed by atoms with Gasteiger partial charge < -0.3 is 5.32 Å². The van der Waals surface area contributed by atoms with Crippen LogP contribution >= 0.6 is 0 Å². The van der Waals surface area contributed by atoms with Crippen molar-refractivity contribution >= 4 is 5.91 Å². The summed E-state index contributed by atoms with van der Waals surface area (Å²) in [4.78, 5) is 15.4. The van der Waals surface area contributed by atoms with Gasteiger partial charge in [0.05, 0.1) is 5.56 Å². The number of nitrogens with one attached hydrogen (secondary N) is 1. The fourth-order valence-corrected chi connectivity index (χ4v) is 1.40. The van der Waals surface area contributed by atoms with Crippen molar-refractivity contribution in [3.8, 4) is 0 Å². The summed E-state index contributed by atoms with van der Waals surface area (Å²) < 4.78 is 0. The normalized spacial score (nSPS) is 15.1. The molecule has 3 heteroatoms. The maximum atomic E-state index is 11.5. The summed E-state index contributed by atoms with van der Waals surface area (Å²) in [5.74, 6) is 0.850. The summed E-state index contributed by atoms with van der Waals surface area (Å²) in [7, 11) is 0. The molecular formula is C11H14N2O. The summed E-state index contributed by atoms with van der Waals surface area (Å²) >= 11 is 0. The topological polar surface area (TPSA) is 42.0 Å². The quantitative estimate of drug-likeness (QED) is 0.783. The molecule has 1 aliphatic carbocycles. The molecule has 1 fully saturated rings. The van der Waals surface area contributed by atoms with Gasteiger partial charge >= 0.3 is 0 Å². The lowest BCUT2D eigenvalue weighted by Gasteiger charge is -2.03. The van der Waals surface area contributed by atoms with Gasteiger partial charge in [-0.3, -0.25) is 9.78 Å². The summed E-state index contributed by atoms with van der Waals surface area (Å²) in [5, 5.41) is 2.89. The van der Waals surface area contributed by atoms with Crippen LogP contribution in [0.5, 0.6) is 0 Å². The molecule has 0 bridgehead atoms. The van der Waals surface area contributed by atoms with Crippen LogP contribution < -0.4 is 5.32 Å². The lowest BCUT2D eigenvalue weighted by molar-refractivity contribution is 0.0952. The van der Waals surface area contributed by atoms with Crippen molar-refractivity contribution in [2.45, 2.75) is 19.3 Å². The third-order valence-electron chi connectivity index (χ3n) is 2.46. The molecule has 0 aliphatic heterocycles. The van der Waals surface area contributed by atoms with Gasteiger partial charge in [0.25, 0.3) is 5.91 Å². The van der Waals surface area contributed by atoms with Crippen LogP contribution in [0.2, 0.25) is 0 Å². The molecule has 0 aromatic carbocycles. The van der Waals surface area contributed by atoms with E-state index in [0.29, 0.717) is 5.56 Å². The predicted octanol–water partition coefficient (Wildman–Crippen LogP) is 1.61. The van der Waals surface area contributed by atoms with E-state index in [-0.39, 0.29) is 5.91 Å². The van der Waals surface area contributed by atoms with Crippen LogP contribution in [0.3, 0.4) is 0 Å². The Labute approximate surface area is 83.5 Å². The molecule has 0 atom stereocenters. The lowest BCUT2D eigenvalue weighted by Crippen LogP contribution is -2.24. The average Bonchev–Trinajstić information content (AvgIpc) is 3.03. The van der Waals surface area contributed by atoms with Gasteiger partial charge in [0, 0.05) is 18.9 Å². The maximum Gasteiger partial charge on any atom is 0.252 e. The van der Waals surface area contributed by atoms with Gasteiger partial charge in [-0.05, 0) is 24.5 Å². The van der Waals surface area contributed by atoms with Crippen molar-refractivity contribution < 1.29 is 4.79 Å². The fraction of sp³-hybridized carbons (Fsp3) is 0.455. The molecular weight excluding hydrogens is 176 g/mol. The van der Waals surface area contributed by atoms with Gasteiger partial charge in [-0.15, -0.1) is 0 Å². The van der Waals surface area contributed by atoms with Crippen LogP contribution in [0.1, 0.15) is 29.6 Å². The standard InChI is InChI=1S/C11H14N2O/c14-11(10-2-1-6-12-8-10)13-7-5-9-3-4-9/h1-2,6,8-9H,3-5,7H2,(H,13,14). The number of hydrogen-bond acceptors (Lipinski definition) is 2. The highest BCUT2D eigenvalue weighted by molar-refractivity contribution is 5.93. The van der Waals surface area contributed by atoms with Gasteiger partial charge in [0.1, 0.15) is 0 Å². The molecule has 14 heavy (non-hydrogen) atoms. The van der Waals surface area contributed by atoms with Crippen LogP contribution in [0.25, 0.3) is 0 Å². The van der Waals surface area contributed by atoms with Crippen molar-refractivity contribution in [3.05, 3.63) is 30.1 Å². The van der Waals surface area contributed by atoms with Crippen molar-refractivity contribution in [2.24, 2.45) is 5.92 Å². The number of amides is 1. The Bertz CT molecular complexity index is 306. The number of aromatic nitrogens is 1. The fourth-order valence-electron chi connectivity index (χ4n) is 1.40. The molecule has 0 unspecified atom stereocenters. The Morgan fingerprint density at radius 3 is 3.07 bits per heavy atom. The Hall–Kier alpha value is -1.38. The summed E-state index contributed by atoms with van der Waals surface area (Å²) in [6.07, 6.45) is 7.05. The number of nitrogens with zero attached hydrogens (tertiary/aromatic N) is 1. The number of hydrogen-bond donors (Lipinski definition) is 1. The van der Waals surface area contributed by atoms with Crippen LogP contribution in [0.15, 0.2) is 24.5 Å². The van der Waals surface area contributed by atoms with E-state index in [4.69, 9.17) is 0 Å². The van der Waals surface area contributed by atoms with E-state index in [2.05, 4.69) is 10.3 Å². The van der Waals surface area contributed by atoms with Crippen LogP contribution in [0.4, 0.5) is 0 Å². The first-order valence-electron chi connectivity index (χ1n) is 5.04. The third kappa shape index (κ3) is 2.55. The van der Waals surface area contributed by atoms with Crippen molar-refractivity contribution in [3.63, 3.8) is 0 Å². The van der Waals surface area contributed by atoms with E-state index in [1.165, 1.54) is 12.8 Å².